The van der Waals surface area contributed by atoms with Gasteiger partial charge in [0.05, 0.1) is 27.4 Å². The van der Waals surface area contributed by atoms with E-state index in [0.29, 0.717) is 36.8 Å². The standard InChI is InChI=1S/C19H29NO5S/c1-13(2)25-9-6-8-20-18(21)7-10-26-19(20)14-11-16(23-4)17(24-5)12-15(14)22-3/h11-13,19H,6-10H2,1-5H3. The van der Waals surface area contributed by atoms with Crippen LogP contribution < -0.4 is 14.2 Å². The van der Waals surface area contributed by atoms with Gasteiger partial charge in [0.25, 0.3) is 0 Å². The molecule has 1 aliphatic heterocycles. The van der Waals surface area contributed by atoms with E-state index < -0.39 is 0 Å². The maximum atomic E-state index is 12.6. The van der Waals surface area contributed by atoms with E-state index in [2.05, 4.69) is 0 Å². The molecule has 1 aromatic carbocycles. The highest BCUT2D eigenvalue weighted by Crippen LogP contribution is 2.45. The van der Waals surface area contributed by atoms with Crippen molar-refractivity contribution < 1.29 is 23.7 Å². The van der Waals surface area contributed by atoms with E-state index in [0.717, 1.165) is 17.7 Å². The molecule has 146 valence electrons. The van der Waals surface area contributed by atoms with Crippen molar-refractivity contribution in [1.29, 1.82) is 0 Å². The summed E-state index contributed by atoms with van der Waals surface area (Å²) in [7, 11) is 4.83. The highest BCUT2D eigenvalue weighted by Gasteiger charge is 2.32. The molecule has 0 N–H and O–H groups in total. The molecule has 7 heteroatoms. The van der Waals surface area contributed by atoms with Crippen molar-refractivity contribution in [3.05, 3.63) is 17.7 Å². The van der Waals surface area contributed by atoms with Crippen LogP contribution in [0.15, 0.2) is 12.1 Å². The highest BCUT2D eigenvalue weighted by molar-refractivity contribution is 7.99. The van der Waals surface area contributed by atoms with Crippen LogP contribution in [0.4, 0.5) is 0 Å². The number of carbonyl (C=O) groups excluding carboxylic acids is 1. The summed E-state index contributed by atoms with van der Waals surface area (Å²) in [4.78, 5) is 14.5. The predicted octanol–water partition coefficient (Wildman–Crippen LogP) is 3.49. The van der Waals surface area contributed by atoms with E-state index in [1.54, 1.807) is 33.1 Å². The predicted molar refractivity (Wildman–Crippen MR) is 103 cm³/mol. The summed E-state index contributed by atoms with van der Waals surface area (Å²) in [5.74, 6) is 2.88. The molecule has 26 heavy (non-hydrogen) atoms. The molecule has 0 radical (unpaired) electrons. The lowest BCUT2D eigenvalue weighted by atomic mass is 10.1. The minimum atomic E-state index is -0.106. The van der Waals surface area contributed by atoms with Crippen LogP contribution in [-0.2, 0) is 9.53 Å². The van der Waals surface area contributed by atoms with E-state index in [1.165, 1.54) is 0 Å². The molecule has 0 aromatic heterocycles. The normalized spacial score (nSPS) is 17.5. The third-order valence-corrected chi connectivity index (χ3v) is 5.46. The number of carbonyl (C=O) groups is 1. The summed E-state index contributed by atoms with van der Waals surface area (Å²) in [6.07, 6.45) is 1.56. The Hall–Kier alpha value is -1.60. The van der Waals surface area contributed by atoms with Crippen LogP contribution in [0, 0.1) is 0 Å². The fraction of sp³-hybridized carbons (Fsp3) is 0.632. The van der Waals surface area contributed by atoms with Crippen LogP contribution in [0.5, 0.6) is 17.2 Å². The summed E-state index contributed by atoms with van der Waals surface area (Å²) < 4.78 is 22.0. The lowest BCUT2D eigenvalue weighted by molar-refractivity contribution is -0.132. The molecule has 0 saturated carbocycles. The van der Waals surface area contributed by atoms with Gasteiger partial charge in [0.2, 0.25) is 5.91 Å². The van der Waals surface area contributed by atoms with Crippen LogP contribution in [-0.4, -0.2) is 57.1 Å². The Morgan fingerprint density at radius 3 is 2.38 bits per heavy atom. The average Bonchev–Trinajstić information content (AvgIpc) is 2.64. The van der Waals surface area contributed by atoms with E-state index in [1.807, 2.05) is 30.9 Å². The Balaban J connectivity index is 2.26. The summed E-state index contributed by atoms with van der Waals surface area (Å²) in [5.41, 5.74) is 0.924. The second kappa shape index (κ2) is 9.92. The molecular formula is C19H29NO5S. The number of thioether (sulfide) groups is 1. The maximum absolute atomic E-state index is 12.6. The van der Waals surface area contributed by atoms with Gasteiger partial charge in [0.15, 0.2) is 11.5 Å². The van der Waals surface area contributed by atoms with Crippen molar-refractivity contribution in [3.63, 3.8) is 0 Å². The van der Waals surface area contributed by atoms with Crippen LogP contribution in [0.3, 0.4) is 0 Å². The molecule has 0 bridgehead atoms. The molecule has 0 spiro atoms. The van der Waals surface area contributed by atoms with Gasteiger partial charge >= 0.3 is 0 Å². The van der Waals surface area contributed by atoms with Crippen molar-refractivity contribution in [2.45, 2.75) is 38.2 Å². The van der Waals surface area contributed by atoms with Gasteiger partial charge < -0.3 is 23.8 Å². The Labute approximate surface area is 160 Å². The first kappa shape index (κ1) is 20.7. The summed E-state index contributed by atoms with van der Waals surface area (Å²) >= 11 is 1.74. The number of amides is 1. The molecule has 1 heterocycles. The molecule has 1 aliphatic rings. The average molecular weight is 384 g/mol. The molecule has 1 aromatic rings. The largest absolute Gasteiger partial charge is 0.496 e. The molecule has 6 nitrogen and oxygen atoms in total. The molecule has 1 atom stereocenters. The number of rotatable bonds is 9. The zero-order chi connectivity index (χ0) is 19.1. The zero-order valence-electron chi connectivity index (χ0n) is 16.2. The number of methoxy groups -OCH3 is 3. The van der Waals surface area contributed by atoms with E-state index >= 15 is 0 Å². The third-order valence-electron chi connectivity index (χ3n) is 4.19. The second-order valence-corrected chi connectivity index (χ2v) is 7.47. The molecule has 0 aliphatic carbocycles. The molecule has 1 fully saturated rings. The van der Waals surface area contributed by atoms with Gasteiger partial charge in [0, 0.05) is 37.0 Å². The maximum Gasteiger partial charge on any atom is 0.224 e. The lowest BCUT2D eigenvalue weighted by Gasteiger charge is -2.36. The molecule has 2 rings (SSSR count). The fourth-order valence-electron chi connectivity index (χ4n) is 2.92. The zero-order valence-corrected chi connectivity index (χ0v) is 17.1. The SMILES string of the molecule is COc1cc(OC)c(C2SCCC(=O)N2CCCOC(C)C)cc1OC. The Bertz CT molecular complexity index is 608. The van der Waals surface area contributed by atoms with Crippen molar-refractivity contribution >= 4 is 17.7 Å². The summed E-state index contributed by atoms with van der Waals surface area (Å²) in [6.45, 7) is 5.32. The molecule has 1 saturated heterocycles. The van der Waals surface area contributed by atoms with Crippen LogP contribution >= 0.6 is 11.8 Å². The third kappa shape index (κ3) is 4.98. The van der Waals surface area contributed by atoms with Crippen molar-refractivity contribution in [1.82, 2.24) is 4.90 Å². The van der Waals surface area contributed by atoms with Crippen molar-refractivity contribution in [2.75, 3.05) is 40.2 Å². The smallest absolute Gasteiger partial charge is 0.224 e. The summed E-state index contributed by atoms with van der Waals surface area (Å²) in [6, 6.07) is 3.72. The van der Waals surface area contributed by atoms with Crippen LogP contribution in [0.2, 0.25) is 0 Å². The highest BCUT2D eigenvalue weighted by atomic mass is 32.2. The van der Waals surface area contributed by atoms with Gasteiger partial charge in [0.1, 0.15) is 11.1 Å². The number of nitrogens with zero attached hydrogens (tertiary/aromatic N) is 1. The van der Waals surface area contributed by atoms with Gasteiger partial charge in [-0.1, -0.05) is 0 Å². The Morgan fingerprint density at radius 2 is 1.77 bits per heavy atom. The topological polar surface area (TPSA) is 57.2 Å². The van der Waals surface area contributed by atoms with E-state index in [4.69, 9.17) is 18.9 Å². The van der Waals surface area contributed by atoms with Gasteiger partial charge in [-0.05, 0) is 26.3 Å². The van der Waals surface area contributed by atoms with Gasteiger partial charge in [-0.15, -0.1) is 11.8 Å². The first-order valence-corrected chi connectivity index (χ1v) is 9.89. The monoisotopic (exact) mass is 383 g/mol. The van der Waals surface area contributed by atoms with Gasteiger partial charge in [-0.3, -0.25) is 4.79 Å². The number of hydrogen-bond donors (Lipinski definition) is 0. The first-order chi connectivity index (χ1) is 12.5. The number of ether oxygens (including phenoxy) is 4. The Morgan fingerprint density at radius 1 is 1.12 bits per heavy atom. The first-order valence-electron chi connectivity index (χ1n) is 8.84. The minimum Gasteiger partial charge on any atom is -0.496 e. The molecule has 1 amide bonds. The quantitative estimate of drug-likeness (QED) is 0.609. The summed E-state index contributed by atoms with van der Waals surface area (Å²) in [5, 5.41) is -0.106. The molecular weight excluding hydrogens is 354 g/mol. The van der Waals surface area contributed by atoms with Crippen LogP contribution in [0.1, 0.15) is 37.6 Å². The van der Waals surface area contributed by atoms with Crippen molar-refractivity contribution in [3.8, 4) is 17.2 Å². The van der Waals surface area contributed by atoms with Crippen LogP contribution in [0.25, 0.3) is 0 Å². The van der Waals surface area contributed by atoms with E-state index in [9.17, 15) is 4.79 Å². The van der Waals surface area contributed by atoms with E-state index in [-0.39, 0.29) is 17.4 Å². The fourth-order valence-corrected chi connectivity index (χ4v) is 4.20. The Kier molecular flexibility index (Phi) is 7.90. The minimum absolute atomic E-state index is 0.106. The van der Waals surface area contributed by atoms with Crippen molar-refractivity contribution in [2.24, 2.45) is 0 Å². The molecule has 1 unspecified atom stereocenters. The second-order valence-electron chi connectivity index (χ2n) is 6.28. The number of hydrogen-bond acceptors (Lipinski definition) is 6. The lowest BCUT2D eigenvalue weighted by Crippen LogP contribution is -2.38. The van der Waals surface area contributed by atoms with Gasteiger partial charge in [-0.2, -0.15) is 0 Å². The van der Waals surface area contributed by atoms with Gasteiger partial charge in [-0.25, -0.2) is 0 Å². The number of benzene rings is 1.